The molecule has 5 N–H and O–H groups in total. The maximum atomic E-state index is 12.3. The van der Waals surface area contributed by atoms with Crippen LogP contribution < -0.4 is 10.8 Å². The average Bonchev–Trinajstić information content (AvgIpc) is 3.11. The number of aliphatic hydroxyl groups is 2. The Morgan fingerprint density at radius 1 is 0.851 bits per heavy atom. The molecule has 0 saturated carbocycles. The van der Waals surface area contributed by atoms with Gasteiger partial charge in [-0.25, -0.2) is 5.48 Å². The van der Waals surface area contributed by atoms with Crippen LogP contribution in [0.15, 0.2) is 78.9 Å². The Hall–Kier alpha value is -3.64. The van der Waals surface area contributed by atoms with E-state index in [0.717, 1.165) is 47.1 Å². The molecule has 1 heterocycles. The summed E-state index contributed by atoms with van der Waals surface area (Å²) in [6, 6.07) is 25.2. The summed E-state index contributed by atoms with van der Waals surface area (Å²) in [6.07, 6.45) is 2.80. The highest BCUT2D eigenvalue weighted by molar-refractivity contribution is 5.75. The van der Waals surface area contributed by atoms with Crippen LogP contribution in [0.25, 0.3) is 0 Å². The molecule has 0 aromatic heterocycles. The van der Waals surface area contributed by atoms with E-state index in [1.54, 1.807) is 5.48 Å². The van der Waals surface area contributed by atoms with Gasteiger partial charge in [0.1, 0.15) is 0 Å². The lowest BCUT2D eigenvalue weighted by Gasteiger charge is -2.39. The molecule has 1 aliphatic rings. The number of hydrogen-bond acceptors (Lipinski definition) is 8. The van der Waals surface area contributed by atoms with Gasteiger partial charge in [-0.2, -0.15) is 0 Å². The molecule has 5 atom stereocenters. The highest BCUT2D eigenvalue weighted by Gasteiger charge is 2.34. The van der Waals surface area contributed by atoms with Crippen LogP contribution in [0, 0.1) is 0 Å². The molecule has 1 fully saturated rings. The average molecular weight is 648 g/mol. The smallest absolute Gasteiger partial charge is 0.243 e. The number of carbonyl (C=O) groups is 2. The van der Waals surface area contributed by atoms with Crippen LogP contribution in [0.2, 0.25) is 0 Å². The lowest BCUT2D eigenvalue weighted by atomic mass is 9.98. The summed E-state index contributed by atoms with van der Waals surface area (Å²) in [7, 11) is 2.00. The minimum atomic E-state index is -0.640. The third kappa shape index (κ3) is 11.2. The monoisotopic (exact) mass is 647 g/mol. The Kier molecular flexibility index (Phi) is 14.4. The van der Waals surface area contributed by atoms with Gasteiger partial charge in [-0.1, -0.05) is 91.7 Å². The quantitative estimate of drug-likeness (QED) is 0.0762. The van der Waals surface area contributed by atoms with Crippen LogP contribution in [0.5, 0.6) is 0 Å². The molecular weight excluding hydrogens is 598 g/mol. The van der Waals surface area contributed by atoms with E-state index in [9.17, 15) is 19.8 Å². The number of ether oxygens (including phenoxy) is 2. The molecule has 3 aromatic rings. The fourth-order valence-electron chi connectivity index (χ4n) is 5.75. The largest absolute Gasteiger partial charge is 0.392 e. The van der Waals surface area contributed by atoms with Crippen LogP contribution >= 0.6 is 0 Å². The Labute approximate surface area is 277 Å². The summed E-state index contributed by atoms with van der Waals surface area (Å²) in [5.41, 5.74) is 6.18. The molecule has 1 saturated heterocycles. The SMILES string of the molecule is C[C@@H]([C@H](O)c1ccccc1)N(C)C[C@H]1C[C@@H](c2ccc(CO)cc2)O[C@@H](c2ccc(CNC(=O)CCCCCCC(=O)NO)cc2)O1. The van der Waals surface area contributed by atoms with Crippen molar-refractivity contribution in [3.63, 3.8) is 0 Å². The van der Waals surface area contributed by atoms with Crippen LogP contribution in [0.1, 0.15) is 98.2 Å². The van der Waals surface area contributed by atoms with Crippen molar-refractivity contribution in [2.24, 2.45) is 0 Å². The predicted octanol–water partition coefficient (Wildman–Crippen LogP) is 5.24. The Bertz CT molecular complexity index is 1370. The Morgan fingerprint density at radius 3 is 2.11 bits per heavy atom. The number of hydrogen-bond donors (Lipinski definition) is 5. The second kappa shape index (κ2) is 18.6. The zero-order valence-electron chi connectivity index (χ0n) is 27.4. The fourth-order valence-corrected chi connectivity index (χ4v) is 5.75. The molecule has 0 radical (unpaired) electrons. The summed E-state index contributed by atoms with van der Waals surface area (Å²) >= 11 is 0. The van der Waals surface area contributed by atoms with Crippen molar-refractivity contribution in [1.29, 1.82) is 0 Å². The van der Waals surface area contributed by atoms with Gasteiger partial charge in [-0.05, 0) is 49.1 Å². The van der Waals surface area contributed by atoms with E-state index >= 15 is 0 Å². The van der Waals surface area contributed by atoms with E-state index < -0.39 is 12.4 Å². The summed E-state index contributed by atoms with van der Waals surface area (Å²) in [5.74, 6) is -0.407. The number of benzene rings is 3. The van der Waals surface area contributed by atoms with E-state index in [0.29, 0.717) is 32.4 Å². The first-order valence-electron chi connectivity index (χ1n) is 16.5. The molecule has 4 rings (SSSR count). The molecule has 2 amide bonds. The van der Waals surface area contributed by atoms with Crippen LogP contribution in [-0.2, 0) is 32.2 Å². The molecule has 1 aliphatic heterocycles. The number of amides is 2. The summed E-state index contributed by atoms with van der Waals surface area (Å²) in [6.45, 7) is 3.00. The number of hydroxylamine groups is 1. The maximum absolute atomic E-state index is 12.3. The van der Waals surface area contributed by atoms with Gasteiger partial charge in [0.05, 0.1) is 24.9 Å². The molecule has 0 bridgehead atoms. The molecule has 0 unspecified atom stereocenters. The molecule has 10 heteroatoms. The van der Waals surface area contributed by atoms with Gasteiger partial charge in [0.2, 0.25) is 11.8 Å². The standard InChI is InChI=1S/C37H49N3O7/c1-26(36(44)30-10-6-5-7-11-30)40(2)24-32-22-33(29-18-16-28(25-41)17-19-29)47-37(46-32)31-20-14-27(15-21-31)23-38-34(42)12-8-3-4-9-13-35(43)39-45/h5-7,10-11,14-21,26,32-33,36-37,41,44-45H,3-4,8-9,12-13,22-25H2,1-2H3,(H,38,42)(H,39,43)/t26-,32+,33-,36-,37-/m0/s1. The highest BCUT2D eigenvalue weighted by atomic mass is 16.7. The zero-order chi connectivity index (χ0) is 33.6. The lowest BCUT2D eigenvalue weighted by molar-refractivity contribution is -0.253. The van der Waals surface area contributed by atoms with E-state index in [4.69, 9.17) is 14.7 Å². The Balaban J connectivity index is 1.34. The van der Waals surface area contributed by atoms with E-state index in [-0.39, 0.29) is 43.1 Å². The second-order valence-corrected chi connectivity index (χ2v) is 12.4. The van der Waals surface area contributed by atoms with Crippen LogP contribution in [-0.4, -0.2) is 57.9 Å². The number of nitrogens with one attached hydrogen (secondary N) is 2. The third-order valence-electron chi connectivity index (χ3n) is 8.82. The number of rotatable bonds is 17. The number of aliphatic hydroxyl groups excluding tert-OH is 2. The molecule has 254 valence electrons. The van der Waals surface area contributed by atoms with Gasteiger partial charge < -0.3 is 25.0 Å². The number of unbranched alkanes of at least 4 members (excludes halogenated alkanes) is 3. The topological polar surface area (TPSA) is 141 Å². The van der Waals surface area contributed by atoms with Gasteiger partial charge >= 0.3 is 0 Å². The molecule has 0 aliphatic carbocycles. The molecule has 10 nitrogen and oxygen atoms in total. The number of carbonyl (C=O) groups excluding carboxylic acids is 2. The molecule has 3 aromatic carbocycles. The molecule has 0 spiro atoms. The lowest BCUT2D eigenvalue weighted by Crippen LogP contribution is -2.43. The van der Waals surface area contributed by atoms with Crippen molar-refractivity contribution < 1.29 is 34.5 Å². The van der Waals surface area contributed by atoms with Crippen molar-refractivity contribution >= 4 is 11.8 Å². The van der Waals surface area contributed by atoms with Gasteiger partial charge in [0.15, 0.2) is 6.29 Å². The summed E-state index contributed by atoms with van der Waals surface area (Å²) in [5, 5.41) is 32.0. The first kappa shape index (κ1) is 36.2. The van der Waals surface area contributed by atoms with Gasteiger partial charge in [0.25, 0.3) is 0 Å². The third-order valence-corrected chi connectivity index (χ3v) is 8.82. The second-order valence-electron chi connectivity index (χ2n) is 12.4. The van der Waals surface area contributed by atoms with Crippen molar-refractivity contribution in [3.05, 3.63) is 107 Å². The maximum Gasteiger partial charge on any atom is 0.243 e. The fraction of sp³-hybridized carbons (Fsp3) is 0.459. The Morgan fingerprint density at radius 2 is 1.47 bits per heavy atom. The van der Waals surface area contributed by atoms with E-state index in [1.807, 2.05) is 92.8 Å². The van der Waals surface area contributed by atoms with Crippen LogP contribution in [0.4, 0.5) is 0 Å². The normalized spacial score (nSPS) is 19.2. The number of likely N-dealkylation sites (N-methyl/N-ethyl adjacent to an activating group) is 1. The summed E-state index contributed by atoms with van der Waals surface area (Å²) < 4.78 is 13.0. The van der Waals surface area contributed by atoms with Crippen molar-refractivity contribution in [1.82, 2.24) is 15.7 Å². The van der Waals surface area contributed by atoms with Crippen molar-refractivity contribution in [2.75, 3.05) is 13.6 Å². The minimum Gasteiger partial charge on any atom is -0.392 e. The highest BCUT2D eigenvalue weighted by Crippen LogP contribution is 2.38. The first-order valence-corrected chi connectivity index (χ1v) is 16.5. The zero-order valence-corrected chi connectivity index (χ0v) is 27.4. The predicted molar refractivity (Wildman–Crippen MR) is 178 cm³/mol. The first-order chi connectivity index (χ1) is 22.8. The van der Waals surface area contributed by atoms with E-state index in [1.165, 1.54) is 0 Å². The van der Waals surface area contributed by atoms with Gasteiger partial charge in [-0.3, -0.25) is 19.7 Å². The van der Waals surface area contributed by atoms with E-state index in [2.05, 4.69) is 10.2 Å². The van der Waals surface area contributed by atoms with Crippen molar-refractivity contribution in [3.8, 4) is 0 Å². The molecule has 47 heavy (non-hydrogen) atoms. The number of nitrogens with zero attached hydrogens (tertiary/aromatic N) is 1. The summed E-state index contributed by atoms with van der Waals surface area (Å²) in [4.78, 5) is 25.5. The minimum absolute atomic E-state index is 0.0187. The van der Waals surface area contributed by atoms with Crippen molar-refractivity contribution in [2.45, 2.75) is 95.7 Å². The van der Waals surface area contributed by atoms with Gasteiger partial charge in [0, 0.05) is 44.0 Å². The molecular formula is C37H49N3O7. The van der Waals surface area contributed by atoms with Gasteiger partial charge in [-0.15, -0.1) is 0 Å². The van der Waals surface area contributed by atoms with Crippen LogP contribution in [0.3, 0.4) is 0 Å².